The molecule has 0 saturated carbocycles. The summed E-state index contributed by atoms with van der Waals surface area (Å²) >= 11 is 3.51. The van der Waals surface area contributed by atoms with E-state index in [2.05, 4.69) is 22.0 Å². The highest BCUT2D eigenvalue weighted by molar-refractivity contribution is 9.10. The molecule has 0 aliphatic carbocycles. The van der Waals surface area contributed by atoms with Crippen molar-refractivity contribution in [1.82, 2.24) is 0 Å². The summed E-state index contributed by atoms with van der Waals surface area (Å²) in [4.78, 5) is 0. The van der Waals surface area contributed by atoms with E-state index >= 15 is 0 Å². The second kappa shape index (κ2) is 8.68. The molecule has 120 valence electrons. The van der Waals surface area contributed by atoms with Crippen LogP contribution in [0.3, 0.4) is 0 Å². The van der Waals surface area contributed by atoms with Gasteiger partial charge in [0, 0.05) is 11.1 Å². The Bertz CT molecular complexity index is 680. The fourth-order valence-corrected chi connectivity index (χ4v) is 2.31. The van der Waals surface area contributed by atoms with E-state index in [4.69, 9.17) is 19.5 Å². The van der Waals surface area contributed by atoms with Crippen molar-refractivity contribution in [2.24, 2.45) is 0 Å². The zero-order valence-corrected chi connectivity index (χ0v) is 14.7. The predicted molar refractivity (Wildman–Crippen MR) is 91.3 cm³/mol. The molecule has 0 aliphatic rings. The maximum atomic E-state index is 8.81. The van der Waals surface area contributed by atoms with Gasteiger partial charge in [0.25, 0.3) is 0 Å². The highest BCUT2D eigenvalue weighted by atomic mass is 79.9. The van der Waals surface area contributed by atoms with Crippen molar-refractivity contribution in [3.63, 3.8) is 0 Å². The summed E-state index contributed by atoms with van der Waals surface area (Å²) in [6.45, 7) is 4.84. The lowest BCUT2D eigenvalue weighted by Crippen LogP contribution is -2.12. The summed E-state index contributed by atoms with van der Waals surface area (Å²) in [5.41, 5.74) is 1.58. The quantitative estimate of drug-likeness (QED) is 0.638. The minimum atomic E-state index is -0.255. The Kier molecular flexibility index (Phi) is 6.60. The number of hydrogen-bond acceptors (Lipinski definition) is 4. The molecular formula is C18H18BrNO3. The summed E-state index contributed by atoms with van der Waals surface area (Å²) < 4.78 is 17.8. The largest absolute Gasteiger partial charge is 0.457 e. The van der Waals surface area contributed by atoms with Crippen LogP contribution >= 0.6 is 15.9 Å². The first-order valence-electron chi connectivity index (χ1n) is 7.32. The molecule has 1 unspecified atom stereocenters. The summed E-state index contributed by atoms with van der Waals surface area (Å²) in [6.07, 6.45) is -0.255. The van der Waals surface area contributed by atoms with Crippen molar-refractivity contribution in [2.45, 2.75) is 26.7 Å². The summed E-state index contributed by atoms with van der Waals surface area (Å²) in [7, 11) is 0. The fourth-order valence-electron chi connectivity index (χ4n) is 1.95. The van der Waals surface area contributed by atoms with Crippen LogP contribution in [0.15, 0.2) is 46.9 Å². The Morgan fingerprint density at radius 1 is 1.09 bits per heavy atom. The molecule has 0 fully saturated rings. The Hall–Kier alpha value is -1.87. The van der Waals surface area contributed by atoms with Gasteiger partial charge in [0.05, 0.1) is 18.2 Å². The van der Waals surface area contributed by atoms with Crippen molar-refractivity contribution in [2.75, 3.05) is 6.61 Å². The number of nitriles is 1. The summed E-state index contributed by atoms with van der Waals surface area (Å²) in [5.74, 6) is 1.39. The van der Waals surface area contributed by atoms with E-state index in [0.29, 0.717) is 30.3 Å². The molecule has 0 amide bonds. The molecule has 1 atom stereocenters. The van der Waals surface area contributed by atoms with Crippen LogP contribution in [0.1, 0.15) is 25.0 Å². The standard InChI is InChI=1S/C18H18BrNO3/c1-3-21-13(2)22-12-15-10-17(8-9-18(15)19)23-16-6-4-14(11-20)5-7-16/h4-10,13H,3,12H2,1-2H3. The lowest BCUT2D eigenvalue weighted by atomic mass is 10.2. The molecule has 2 aromatic rings. The van der Waals surface area contributed by atoms with Crippen molar-refractivity contribution in [3.8, 4) is 17.6 Å². The lowest BCUT2D eigenvalue weighted by Gasteiger charge is -2.14. The van der Waals surface area contributed by atoms with Crippen LogP contribution in [0.5, 0.6) is 11.5 Å². The van der Waals surface area contributed by atoms with Crippen LogP contribution in [0.25, 0.3) is 0 Å². The number of benzene rings is 2. The molecule has 0 radical (unpaired) electrons. The van der Waals surface area contributed by atoms with E-state index in [1.807, 2.05) is 32.0 Å². The predicted octanol–water partition coefficient (Wildman–Crippen LogP) is 5.01. The molecule has 2 aromatic carbocycles. The van der Waals surface area contributed by atoms with Crippen molar-refractivity contribution >= 4 is 15.9 Å². The van der Waals surface area contributed by atoms with Crippen LogP contribution < -0.4 is 4.74 Å². The number of halogens is 1. The smallest absolute Gasteiger partial charge is 0.155 e. The first kappa shape index (κ1) is 17.5. The normalized spacial score (nSPS) is 11.7. The van der Waals surface area contributed by atoms with Gasteiger partial charge in [-0.2, -0.15) is 5.26 Å². The second-order valence-corrected chi connectivity index (χ2v) is 5.68. The fraction of sp³-hybridized carbons (Fsp3) is 0.278. The van der Waals surface area contributed by atoms with Crippen molar-refractivity contribution in [1.29, 1.82) is 5.26 Å². The second-order valence-electron chi connectivity index (χ2n) is 4.83. The summed E-state index contributed by atoms with van der Waals surface area (Å²) in [5, 5.41) is 8.81. The van der Waals surface area contributed by atoms with Crippen LogP contribution in [0.2, 0.25) is 0 Å². The highest BCUT2D eigenvalue weighted by Gasteiger charge is 2.07. The Morgan fingerprint density at radius 2 is 1.78 bits per heavy atom. The van der Waals surface area contributed by atoms with Gasteiger partial charge in [0.2, 0.25) is 0 Å². The monoisotopic (exact) mass is 375 g/mol. The molecule has 0 aromatic heterocycles. The van der Waals surface area contributed by atoms with Gasteiger partial charge in [-0.25, -0.2) is 0 Å². The van der Waals surface area contributed by atoms with Gasteiger partial charge in [-0.3, -0.25) is 0 Å². The van der Waals surface area contributed by atoms with E-state index in [1.54, 1.807) is 24.3 Å². The minimum Gasteiger partial charge on any atom is -0.457 e. The van der Waals surface area contributed by atoms with Gasteiger partial charge in [0.15, 0.2) is 6.29 Å². The van der Waals surface area contributed by atoms with Crippen molar-refractivity contribution in [3.05, 3.63) is 58.1 Å². The minimum absolute atomic E-state index is 0.255. The van der Waals surface area contributed by atoms with Crippen LogP contribution in [-0.2, 0) is 16.1 Å². The Morgan fingerprint density at radius 3 is 2.43 bits per heavy atom. The molecule has 4 nitrogen and oxygen atoms in total. The average molecular weight is 376 g/mol. The number of hydrogen-bond donors (Lipinski definition) is 0. The first-order chi connectivity index (χ1) is 11.1. The van der Waals surface area contributed by atoms with E-state index in [0.717, 1.165) is 10.0 Å². The third-order valence-corrected chi connectivity index (χ3v) is 3.88. The van der Waals surface area contributed by atoms with Gasteiger partial charge in [0.1, 0.15) is 11.5 Å². The number of nitrogens with zero attached hydrogens (tertiary/aromatic N) is 1. The Balaban J connectivity index is 2.05. The molecule has 0 N–H and O–H groups in total. The van der Waals surface area contributed by atoms with Gasteiger partial charge in [-0.1, -0.05) is 15.9 Å². The molecule has 0 heterocycles. The number of ether oxygens (including phenoxy) is 3. The first-order valence-corrected chi connectivity index (χ1v) is 8.11. The third-order valence-electron chi connectivity index (χ3n) is 3.11. The third kappa shape index (κ3) is 5.36. The molecule has 0 saturated heterocycles. The molecule has 0 aliphatic heterocycles. The molecule has 0 bridgehead atoms. The molecule has 0 spiro atoms. The summed E-state index contributed by atoms with van der Waals surface area (Å²) in [6, 6.07) is 14.8. The van der Waals surface area contributed by atoms with Crippen LogP contribution in [0, 0.1) is 11.3 Å². The highest BCUT2D eigenvalue weighted by Crippen LogP contribution is 2.27. The molecule has 5 heteroatoms. The van der Waals surface area contributed by atoms with E-state index in [-0.39, 0.29) is 6.29 Å². The van der Waals surface area contributed by atoms with Gasteiger partial charge in [-0.15, -0.1) is 0 Å². The van der Waals surface area contributed by atoms with E-state index in [9.17, 15) is 0 Å². The zero-order valence-electron chi connectivity index (χ0n) is 13.1. The Labute approximate surface area is 144 Å². The van der Waals surface area contributed by atoms with Crippen LogP contribution in [0.4, 0.5) is 0 Å². The maximum absolute atomic E-state index is 8.81. The maximum Gasteiger partial charge on any atom is 0.155 e. The van der Waals surface area contributed by atoms with Crippen molar-refractivity contribution < 1.29 is 14.2 Å². The van der Waals surface area contributed by atoms with Gasteiger partial charge < -0.3 is 14.2 Å². The average Bonchev–Trinajstić information content (AvgIpc) is 2.56. The van der Waals surface area contributed by atoms with Gasteiger partial charge >= 0.3 is 0 Å². The van der Waals surface area contributed by atoms with Gasteiger partial charge in [-0.05, 0) is 61.9 Å². The number of rotatable bonds is 7. The molecule has 23 heavy (non-hydrogen) atoms. The lowest BCUT2D eigenvalue weighted by molar-refractivity contribution is -0.134. The topological polar surface area (TPSA) is 51.5 Å². The van der Waals surface area contributed by atoms with E-state index < -0.39 is 0 Å². The molecular weight excluding hydrogens is 358 g/mol. The SMILES string of the molecule is CCOC(C)OCc1cc(Oc2ccc(C#N)cc2)ccc1Br. The molecule has 2 rings (SSSR count). The van der Waals surface area contributed by atoms with Crippen LogP contribution in [-0.4, -0.2) is 12.9 Å². The van der Waals surface area contributed by atoms with E-state index in [1.165, 1.54) is 0 Å². The zero-order chi connectivity index (χ0) is 16.7.